The summed E-state index contributed by atoms with van der Waals surface area (Å²) >= 11 is 0. The number of hydrogen-bond acceptors (Lipinski definition) is 5. The molecule has 8 heteroatoms. The van der Waals surface area contributed by atoms with Crippen molar-refractivity contribution in [2.24, 2.45) is 0 Å². The van der Waals surface area contributed by atoms with Gasteiger partial charge in [0, 0.05) is 31.3 Å². The van der Waals surface area contributed by atoms with E-state index < -0.39 is 5.97 Å². The van der Waals surface area contributed by atoms with E-state index >= 15 is 0 Å². The van der Waals surface area contributed by atoms with Crippen molar-refractivity contribution in [1.82, 2.24) is 5.32 Å². The third-order valence-corrected chi connectivity index (χ3v) is 6.88. The summed E-state index contributed by atoms with van der Waals surface area (Å²) in [5.74, 6) is 1.30. The van der Waals surface area contributed by atoms with Gasteiger partial charge in [0.15, 0.2) is 0 Å². The summed E-state index contributed by atoms with van der Waals surface area (Å²) in [6.07, 6.45) is 1.10. The maximum absolute atomic E-state index is 13.0. The first kappa shape index (κ1) is 30.0. The standard InChI is InChI=1S/C34H36N2O6/c1-36(34(39)35-18-17-24-7-4-11-29(19-24)40-2)28-10-6-9-27(22-28)31-15-13-25(14-16-33(37)38)21-32(31)42-23-26-8-5-12-30(20-26)41-3/h4-13,15,19-22H,14,16-18,23H2,1-3H3,(H,35,39)(H,37,38). The third-order valence-electron chi connectivity index (χ3n) is 6.88. The first-order chi connectivity index (χ1) is 20.4. The predicted octanol–water partition coefficient (Wildman–Crippen LogP) is 6.36. The van der Waals surface area contributed by atoms with Crippen molar-refractivity contribution in [2.45, 2.75) is 25.9 Å². The molecule has 0 saturated heterocycles. The van der Waals surface area contributed by atoms with E-state index in [0.29, 0.717) is 31.7 Å². The minimum absolute atomic E-state index is 0.0296. The SMILES string of the molecule is COc1cccc(CCNC(=O)N(C)c2cccc(-c3ccc(CCC(=O)O)cc3OCc3cccc(OC)c3)c2)c1. The number of hydrogen-bond donors (Lipinski definition) is 2. The minimum Gasteiger partial charge on any atom is -0.497 e. The van der Waals surface area contributed by atoms with Crippen LogP contribution in [0.3, 0.4) is 0 Å². The lowest BCUT2D eigenvalue weighted by molar-refractivity contribution is -0.136. The second-order valence-electron chi connectivity index (χ2n) is 9.81. The summed E-state index contributed by atoms with van der Waals surface area (Å²) in [6.45, 7) is 0.790. The molecule has 0 unspecified atom stereocenters. The van der Waals surface area contributed by atoms with Crippen LogP contribution < -0.4 is 24.4 Å². The van der Waals surface area contributed by atoms with Crippen molar-refractivity contribution in [3.05, 3.63) is 108 Å². The second kappa shape index (κ2) is 14.6. The van der Waals surface area contributed by atoms with Crippen molar-refractivity contribution in [1.29, 1.82) is 0 Å². The zero-order valence-electron chi connectivity index (χ0n) is 24.1. The van der Waals surface area contributed by atoms with E-state index in [1.54, 1.807) is 26.2 Å². The molecule has 0 aliphatic heterocycles. The molecule has 0 spiro atoms. The van der Waals surface area contributed by atoms with Crippen LogP contribution in [0.1, 0.15) is 23.1 Å². The van der Waals surface area contributed by atoms with Gasteiger partial charge in [-0.2, -0.15) is 0 Å². The molecule has 0 aliphatic rings. The molecule has 42 heavy (non-hydrogen) atoms. The molecule has 4 aromatic rings. The number of rotatable bonds is 13. The molecule has 2 amide bonds. The fourth-order valence-corrected chi connectivity index (χ4v) is 4.51. The quantitative estimate of drug-likeness (QED) is 0.195. The highest BCUT2D eigenvalue weighted by atomic mass is 16.5. The number of urea groups is 1. The van der Waals surface area contributed by atoms with Gasteiger partial charge in [-0.3, -0.25) is 9.69 Å². The Bertz CT molecular complexity index is 1520. The van der Waals surface area contributed by atoms with E-state index in [-0.39, 0.29) is 12.5 Å². The number of nitrogens with one attached hydrogen (secondary N) is 1. The Hall–Kier alpha value is -4.98. The molecule has 4 rings (SSSR count). The Morgan fingerprint density at radius 2 is 1.45 bits per heavy atom. The highest BCUT2D eigenvalue weighted by Crippen LogP contribution is 2.34. The molecule has 4 aromatic carbocycles. The summed E-state index contributed by atoms with van der Waals surface area (Å²) in [5.41, 5.74) is 5.31. The van der Waals surface area contributed by atoms with Gasteiger partial charge in [-0.05, 0) is 77.6 Å². The zero-order valence-corrected chi connectivity index (χ0v) is 24.1. The van der Waals surface area contributed by atoms with Crippen molar-refractivity contribution >= 4 is 17.7 Å². The number of ether oxygens (including phenoxy) is 3. The van der Waals surface area contributed by atoms with E-state index in [9.17, 15) is 9.59 Å². The largest absolute Gasteiger partial charge is 0.497 e. The average molecular weight is 569 g/mol. The molecule has 218 valence electrons. The normalized spacial score (nSPS) is 10.5. The van der Waals surface area contributed by atoms with E-state index in [4.69, 9.17) is 19.3 Å². The molecule has 0 fully saturated rings. The number of carboxylic acid groups (broad SMARTS) is 1. The summed E-state index contributed by atoms with van der Waals surface area (Å²) in [4.78, 5) is 25.7. The number of methoxy groups -OCH3 is 2. The van der Waals surface area contributed by atoms with E-state index in [1.807, 2.05) is 91.0 Å². The average Bonchev–Trinajstić information content (AvgIpc) is 3.02. The topological polar surface area (TPSA) is 97.3 Å². The highest BCUT2D eigenvalue weighted by Gasteiger charge is 2.14. The van der Waals surface area contributed by atoms with Crippen LogP contribution in [-0.2, 0) is 24.2 Å². The van der Waals surface area contributed by atoms with Crippen molar-refractivity contribution in [2.75, 3.05) is 32.7 Å². The molecule has 0 aliphatic carbocycles. The predicted molar refractivity (Wildman–Crippen MR) is 164 cm³/mol. The number of carboxylic acids is 1. The van der Waals surface area contributed by atoms with Crippen LogP contribution in [0.5, 0.6) is 17.2 Å². The Balaban J connectivity index is 1.50. The lowest BCUT2D eigenvalue weighted by atomic mass is 10.00. The van der Waals surface area contributed by atoms with Crippen LogP contribution in [0.25, 0.3) is 11.1 Å². The number of nitrogens with zero attached hydrogens (tertiary/aromatic N) is 1. The van der Waals surface area contributed by atoms with Crippen LogP contribution in [-0.4, -0.2) is 44.9 Å². The number of anilines is 1. The number of aryl methyl sites for hydroxylation is 1. The molecule has 0 bridgehead atoms. The monoisotopic (exact) mass is 568 g/mol. The van der Waals surface area contributed by atoms with E-state index in [1.165, 1.54) is 0 Å². The van der Waals surface area contributed by atoms with Crippen molar-refractivity contribution < 1.29 is 28.9 Å². The van der Waals surface area contributed by atoms with Gasteiger partial charge in [0.05, 0.1) is 14.2 Å². The summed E-state index contributed by atoms with van der Waals surface area (Å²) in [5, 5.41) is 12.1. The maximum atomic E-state index is 13.0. The lowest BCUT2D eigenvalue weighted by Crippen LogP contribution is -2.38. The Kier molecular flexibility index (Phi) is 10.4. The third kappa shape index (κ3) is 8.27. The molecule has 2 N–H and O–H groups in total. The van der Waals surface area contributed by atoms with Gasteiger partial charge >= 0.3 is 12.0 Å². The van der Waals surface area contributed by atoms with Gasteiger partial charge in [0.2, 0.25) is 0 Å². The maximum Gasteiger partial charge on any atom is 0.321 e. The smallest absolute Gasteiger partial charge is 0.321 e. The fourth-order valence-electron chi connectivity index (χ4n) is 4.51. The van der Waals surface area contributed by atoms with Gasteiger partial charge in [-0.25, -0.2) is 4.79 Å². The van der Waals surface area contributed by atoms with Gasteiger partial charge in [-0.15, -0.1) is 0 Å². The van der Waals surface area contributed by atoms with Crippen LogP contribution in [0, 0.1) is 0 Å². The first-order valence-electron chi connectivity index (χ1n) is 13.7. The first-order valence-corrected chi connectivity index (χ1v) is 13.7. The van der Waals surface area contributed by atoms with Gasteiger partial charge < -0.3 is 24.6 Å². The van der Waals surface area contributed by atoms with Gasteiger partial charge in [0.1, 0.15) is 23.9 Å². The molecule has 0 heterocycles. The molecular weight excluding hydrogens is 532 g/mol. The Morgan fingerprint density at radius 3 is 2.17 bits per heavy atom. The van der Waals surface area contributed by atoms with Crippen LogP contribution in [0.2, 0.25) is 0 Å². The molecule has 0 aromatic heterocycles. The Labute approximate surface area is 246 Å². The van der Waals surface area contributed by atoms with Crippen molar-refractivity contribution in [3.8, 4) is 28.4 Å². The Morgan fingerprint density at radius 1 is 0.786 bits per heavy atom. The summed E-state index contributed by atoms with van der Waals surface area (Å²) in [6, 6.07) is 28.6. The van der Waals surface area contributed by atoms with Gasteiger partial charge in [0.25, 0.3) is 0 Å². The molecule has 0 atom stereocenters. The number of carbonyl (C=O) groups excluding carboxylic acids is 1. The lowest BCUT2D eigenvalue weighted by Gasteiger charge is -2.20. The minimum atomic E-state index is -0.851. The number of benzene rings is 4. The van der Waals surface area contributed by atoms with Crippen molar-refractivity contribution in [3.63, 3.8) is 0 Å². The molecular formula is C34H36N2O6. The summed E-state index contributed by atoms with van der Waals surface area (Å²) < 4.78 is 16.9. The fraction of sp³-hybridized carbons (Fsp3) is 0.235. The van der Waals surface area contributed by atoms with Gasteiger partial charge in [-0.1, -0.05) is 48.5 Å². The van der Waals surface area contributed by atoms with Crippen LogP contribution in [0.15, 0.2) is 91.0 Å². The molecule has 0 radical (unpaired) electrons. The second-order valence-corrected chi connectivity index (χ2v) is 9.81. The molecule has 0 saturated carbocycles. The highest BCUT2D eigenvalue weighted by molar-refractivity contribution is 5.92. The van der Waals surface area contributed by atoms with Crippen LogP contribution >= 0.6 is 0 Å². The van der Waals surface area contributed by atoms with E-state index in [0.717, 1.165) is 45.0 Å². The number of amides is 2. The molecule has 8 nitrogen and oxygen atoms in total. The van der Waals surface area contributed by atoms with E-state index in [2.05, 4.69) is 5.32 Å². The van der Waals surface area contributed by atoms with Crippen LogP contribution in [0.4, 0.5) is 10.5 Å². The number of aliphatic carboxylic acids is 1. The zero-order chi connectivity index (χ0) is 29.9. The summed E-state index contributed by atoms with van der Waals surface area (Å²) in [7, 11) is 4.98. The number of carbonyl (C=O) groups is 2.